The molecule has 1 heterocycles. The molecule has 0 atom stereocenters. The standard InChI is InChI=1S/C13H9F4N/c1-8-7-9(13(15,16)17)5-6-10(8)11-3-2-4-12(14)18-11/h2-7H,1H3. The summed E-state index contributed by atoms with van der Waals surface area (Å²) in [6, 6.07) is 7.51. The van der Waals surface area contributed by atoms with Crippen LogP contribution in [0.3, 0.4) is 0 Å². The molecule has 0 unspecified atom stereocenters. The molecule has 0 radical (unpaired) electrons. The van der Waals surface area contributed by atoms with E-state index in [2.05, 4.69) is 4.98 Å². The second-order valence-electron chi connectivity index (χ2n) is 3.87. The zero-order valence-electron chi connectivity index (χ0n) is 9.42. The van der Waals surface area contributed by atoms with Gasteiger partial charge < -0.3 is 0 Å². The van der Waals surface area contributed by atoms with Crippen LogP contribution < -0.4 is 0 Å². The molecular weight excluding hydrogens is 246 g/mol. The maximum absolute atomic E-state index is 13.0. The van der Waals surface area contributed by atoms with E-state index in [4.69, 9.17) is 0 Å². The van der Waals surface area contributed by atoms with Gasteiger partial charge in [-0.1, -0.05) is 12.1 Å². The number of pyridine rings is 1. The fraction of sp³-hybridized carbons (Fsp3) is 0.154. The molecule has 0 saturated carbocycles. The van der Waals surface area contributed by atoms with Crippen LogP contribution in [0, 0.1) is 12.9 Å². The Morgan fingerprint density at radius 3 is 2.33 bits per heavy atom. The van der Waals surface area contributed by atoms with Crippen molar-refractivity contribution in [2.75, 3.05) is 0 Å². The first-order valence-electron chi connectivity index (χ1n) is 5.19. The largest absolute Gasteiger partial charge is 0.416 e. The molecule has 0 bridgehead atoms. The highest BCUT2D eigenvalue weighted by Crippen LogP contribution is 2.32. The molecule has 94 valence electrons. The Hall–Kier alpha value is -1.91. The highest BCUT2D eigenvalue weighted by Gasteiger charge is 2.30. The van der Waals surface area contributed by atoms with Crippen LogP contribution in [0.4, 0.5) is 17.6 Å². The third-order valence-corrected chi connectivity index (χ3v) is 2.54. The van der Waals surface area contributed by atoms with Crippen molar-refractivity contribution in [2.24, 2.45) is 0 Å². The third-order valence-electron chi connectivity index (χ3n) is 2.54. The van der Waals surface area contributed by atoms with Crippen LogP contribution in [0.1, 0.15) is 11.1 Å². The van der Waals surface area contributed by atoms with E-state index < -0.39 is 17.7 Å². The van der Waals surface area contributed by atoms with Crippen LogP contribution in [0.15, 0.2) is 36.4 Å². The lowest BCUT2D eigenvalue weighted by Gasteiger charge is -2.10. The molecule has 0 aliphatic rings. The van der Waals surface area contributed by atoms with Crippen LogP contribution in [-0.4, -0.2) is 4.98 Å². The van der Waals surface area contributed by atoms with Crippen molar-refractivity contribution in [1.29, 1.82) is 0 Å². The van der Waals surface area contributed by atoms with E-state index >= 15 is 0 Å². The Labute approximate surface area is 101 Å². The fourth-order valence-corrected chi connectivity index (χ4v) is 1.69. The smallest absolute Gasteiger partial charge is 0.220 e. The van der Waals surface area contributed by atoms with Crippen LogP contribution in [-0.2, 0) is 6.18 Å². The highest BCUT2D eigenvalue weighted by molar-refractivity contribution is 5.63. The SMILES string of the molecule is Cc1cc(C(F)(F)F)ccc1-c1cccc(F)n1. The summed E-state index contributed by atoms with van der Waals surface area (Å²) < 4.78 is 50.4. The monoisotopic (exact) mass is 255 g/mol. The Balaban J connectivity index is 2.48. The van der Waals surface area contributed by atoms with Crippen LogP contribution in [0.5, 0.6) is 0 Å². The summed E-state index contributed by atoms with van der Waals surface area (Å²) in [5.74, 6) is -0.660. The first-order valence-corrected chi connectivity index (χ1v) is 5.19. The minimum atomic E-state index is -4.38. The zero-order valence-corrected chi connectivity index (χ0v) is 9.42. The average Bonchev–Trinajstić information content (AvgIpc) is 2.27. The van der Waals surface area contributed by atoms with E-state index in [1.54, 1.807) is 6.07 Å². The molecule has 1 aromatic carbocycles. The Morgan fingerprint density at radius 1 is 1.06 bits per heavy atom. The van der Waals surface area contributed by atoms with Crippen molar-refractivity contribution in [3.63, 3.8) is 0 Å². The van der Waals surface area contributed by atoms with Gasteiger partial charge in [0.05, 0.1) is 11.3 Å². The van der Waals surface area contributed by atoms with E-state index in [0.717, 1.165) is 12.1 Å². The molecule has 18 heavy (non-hydrogen) atoms. The van der Waals surface area contributed by atoms with Gasteiger partial charge in [-0.15, -0.1) is 0 Å². The van der Waals surface area contributed by atoms with Gasteiger partial charge in [-0.05, 0) is 36.8 Å². The van der Waals surface area contributed by atoms with Gasteiger partial charge in [0.25, 0.3) is 0 Å². The predicted molar refractivity (Wildman–Crippen MR) is 59.4 cm³/mol. The molecule has 0 fully saturated rings. The minimum absolute atomic E-state index is 0.321. The van der Waals surface area contributed by atoms with Crippen LogP contribution in [0.2, 0.25) is 0 Å². The molecule has 0 saturated heterocycles. The zero-order chi connectivity index (χ0) is 13.3. The number of aromatic nitrogens is 1. The van der Waals surface area contributed by atoms with Crippen LogP contribution in [0.25, 0.3) is 11.3 Å². The number of benzene rings is 1. The van der Waals surface area contributed by atoms with Gasteiger partial charge in [0.2, 0.25) is 5.95 Å². The molecule has 2 aromatic rings. The quantitative estimate of drug-likeness (QED) is 0.549. The molecule has 5 heteroatoms. The Bertz CT molecular complexity index is 575. The van der Waals surface area contributed by atoms with Gasteiger partial charge in [0.1, 0.15) is 0 Å². The molecule has 0 spiro atoms. The molecule has 0 N–H and O–H groups in total. The summed E-state index contributed by atoms with van der Waals surface area (Å²) in [6.07, 6.45) is -4.38. The molecule has 0 aliphatic heterocycles. The van der Waals surface area contributed by atoms with Gasteiger partial charge in [-0.2, -0.15) is 17.6 Å². The number of rotatable bonds is 1. The molecular formula is C13H9F4N. The lowest BCUT2D eigenvalue weighted by Crippen LogP contribution is -2.05. The number of hydrogen-bond donors (Lipinski definition) is 0. The summed E-state index contributed by atoms with van der Waals surface area (Å²) in [4.78, 5) is 3.65. The van der Waals surface area contributed by atoms with Crippen molar-refractivity contribution in [1.82, 2.24) is 4.98 Å². The lowest BCUT2D eigenvalue weighted by atomic mass is 10.0. The number of aryl methyl sites for hydroxylation is 1. The topological polar surface area (TPSA) is 12.9 Å². The van der Waals surface area contributed by atoms with Crippen molar-refractivity contribution >= 4 is 0 Å². The maximum Gasteiger partial charge on any atom is 0.416 e. The van der Waals surface area contributed by atoms with Crippen molar-refractivity contribution in [3.8, 4) is 11.3 Å². The normalized spacial score (nSPS) is 11.6. The molecule has 2 rings (SSSR count). The second-order valence-corrected chi connectivity index (χ2v) is 3.87. The van der Waals surface area contributed by atoms with Gasteiger partial charge >= 0.3 is 6.18 Å². The summed E-state index contributed by atoms with van der Waals surface area (Å²) in [7, 11) is 0. The molecule has 1 aromatic heterocycles. The number of hydrogen-bond acceptors (Lipinski definition) is 1. The molecule has 0 amide bonds. The summed E-state index contributed by atoms with van der Waals surface area (Å²) in [6.45, 7) is 1.54. The fourth-order valence-electron chi connectivity index (χ4n) is 1.69. The van der Waals surface area contributed by atoms with Crippen molar-refractivity contribution in [2.45, 2.75) is 13.1 Å². The Morgan fingerprint density at radius 2 is 1.78 bits per heavy atom. The number of nitrogens with zero attached hydrogens (tertiary/aromatic N) is 1. The van der Waals surface area contributed by atoms with Gasteiger partial charge in [0, 0.05) is 5.56 Å². The Kier molecular flexibility index (Phi) is 3.07. The maximum atomic E-state index is 13.0. The number of alkyl halides is 3. The van der Waals surface area contributed by atoms with Gasteiger partial charge in [-0.25, -0.2) is 4.98 Å². The van der Waals surface area contributed by atoms with E-state index in [9.17, 15) is 17.6 Å². The predicted octanol–water partition coefficient (Wildman–Crippen LogP) is 4.21. The third kappa shape index (κ3) is 2.50. The van der Waals surface area contributed by atoms with Gasteiger partial charge in [-0.3, -0.25) is 0 Å². The van der Waals surface area contributed by atoms with Crippen molar-refractivity contribution < 1.29 is 17.6 Å². The van der Waals surface area contributed by atoms with E-state index in [1.807, 2.05) is 0 Å². The first kappa shape index (κ1) is 12.5. The van der Waals surface area contributed by atoms with E-state index in [-0.39, 0.29) is 0 Å². The summed E-state index contributed by atoms with van der Waals surface area (Å²) >= 11 is 0. The first-order chi connectivity index (χ1) is 8.38. The van der Waals surface area contributed by atoms with Crippen molar-refractivity contribution in [3.05, 3.63) is 53.5 Å². The number of halogens is 4. The molecule has 1 nitrogen and oxygen atoms in total. The summed E-state index contributed by atoms with van der Waals surface area (Å²) in [5.41, 5.74) is 0.492. The second kappa shape index (κ2) is 4.40. The van der Waals surface area contributed by atoms with E-state index in [1.165, 1.54) is 25.1 Å². The highest BCUT2D eigenvalue weighted by atomic mass is 19.4. The minimum Gasteiger partial charge on any atom is -0.220 e. The summed E-state index contributed by atoms with van der Waals surface area (Å²) in [5, 5.41) is 0. The van der Waals surface area contributed by atoms with Crippen LogP contribution >= 0.6 is 0 Å². The lowest BCUT2D eigenvalue weighted by molar-refractivity contribution is -0.137. The van der Waals surface area contributed by atoms with Gasteiger partial charge in [0.15, 0.2) is 0 Å². The average molecular weight is 255 g/mol. The van der Waals surface area contributed by atoms with E-state index in [0.29, 0.717) is 16.8 Å². The molecule has 0 aliphatic carbocycles.